The second-order valence-electron chi connectivity index (χ2n) is 11.0. The SMILES string of the molecule is Cc1ccc([P+](c2ccc(C)cc2)(c2ccc(C)cc2)C(c2ccccc2)(c2ccccc2)c2ccccc2)cc1. The molecular weight excluding hydrogens is 511 g/mol. The fraction of sp³-hybridized carbons (Fsp3) is 0.100. The molecule has 6 aromatic rings. The van der Waals surface area contributed by atoms with Gasteiger partial charge in [0, 0.05) is 16.7 Å². The summed E-state index contributed by atoms with van der Waals surface area (Å²) in [4.78, 5) is 0. The molecule has 0 aromatic heterocycles. The predicted molar refractivity (Wildman–Crippen MR) is 179 cm³/mol. The first-order chi connectivity index (χ1) is 20.1. The molecule has 0 heterocycles. The first-order valence-corrected chi connectivity index (χ1v) is 16.1. The molecule has 0 aliphatic heterocycles. The molecule has 41 heavy (non-hydrogen) atoms. The Labute approximate surface area is 245 Å². The smallest absolute Gasteiger partial charge is 0.0622 e. The number of hydrogen-bond donors (Lipinski definition) is 0. The Morgan fingerprint density at radius 1 is 0.317 bits per heavy atom. The first kappa shape index (κ1) is 26.9. The summed E-state index contributed by atoms with van der Waals surface area (Å²) >= 11 is 0. The summed E-state index contributed by atoms with van der Waals surface area (Å²) in [5.74, 6) is 0. The summed E-state index contributed by atoms with van der Waals surface area (Å²) in [5, 5.41) is 3.60. The zero-order valence-corrected chi connectivity index (χ0v) is 24.9. The molecule has 0 amide bonds. The van der Waals surface area contributed by atoms with Gasteiger partial charge in [0.25, 0.3) is 0 Å². The standard InChI is InChI=1S/C40H36P/c1-31-19-25-37(26-20-31)41(38-27-21-32(2)22-28-38,39-29-23-33(3)24-30-39)40(34-13-7-4-8-14-34,35-15-9-5-10-16-35)36-17-11-6-12-18-36/h4-30H,1-3H3/q+1. The summed E-state index contributed by atoms with van der Waals surface area (Å²) in [7, 11) is -2.52. The Bertz CT molecular complexity index is 1490. The molecule has 6 rings (SSSR count). The number of aryl methyl sites for hydroxylation is 3. The van der Waals surface area contributed by atoms with E-state index in [0.29, 0.717) is 0 Å². The highest BCUT2D eigenvalue weighted by molar-refractivity contribution is 7.97. The van der Waals surface area contributed by atoms with E-state index in [1.54, 1.807) is 0 Å². The minimum absolute atomic E-state index is 0.503. The maximum Gasteiger partial charge on any atom is 0.168 e. The molecule has 0 aliphatic rings. The van der Waals surface area contributed by atoms with E-state index in [-0.39, 0.29) is 0 Å². The Morgan fingerprint density at radius 3 is 0.805 bits per heavy atom. The third-order valence-electron chi connectivity index (χ3n) is 8.34. The van der Waals surface area contributed by atoms with Crippen LogP contribution in [0.15, 0.2) is 164 Å². The van der Waals surface area contributed by atoms with Crippen LogP contribution in [0.1, 0.15) is 33.4 Å². The van der Waals surface area contributed by atoms with E-state index in [1.165, 1.54) is 49.3 Å². The van der Waals surface area contributed by atoms with E-state index in [4.69, 9.17) is 0 Å². The molecule has 0 fully saturated rings. The van der Waals surface area contributed by atoms with Gasteiger partial charge in [-0.15, -0.1) is 0 Å². The molecule has 0 unspecified atom stereocenters. The van der Waals surface area contributed by atoms with Gasteiger partial charge in [-0.1, -0.05) is 144 Å². The summed E-state index contributed by atoms with van der Waals surface area (Å²) in [6.45, 7) is 6.54. The average molecular weight is 548 g/mol. The van der Waals surface area contributed by atoms with Crippen LogP contribution in [0.2, 0.25) is 0 Å². The second-order valence-corrected chi connectivity index (χ2v) is 14.5. The van der Waals surface area contributed by atoms with E-state index in [9.17, 15) is 0 Å². The van der Waals surface area contributed by atoms with Crippen molar-refractivity contribution in [1.29, 1.82) is 0 Å². The van der Waals surface area contributed by atoms with Crippen molar-refractivity contribution in [1.82, 2.24) is 0 Å². The monoisotopic (exact) mass is 547 g/mol. The molecule has 0 saturated carbocycles. The number of rotatable bonds is 7. The van der Waals surface area contributed by atoms with Gasteiger partial charge in [0.1, 0.15) is 23.2 Å². The highest BCUT2D eigenvalue weighted by Gasteiger charge is 2.65. The fourth-order valence-electron chi connectivity index (χ4n) is 6.45. The average Bonchev–Trinajstić information content (AvgIpc) is 3.03. The first-order valence-electron chi connectivity index (χ1n) is 14.3. The molecule has 1 heteroatoms. The molecule has 6 aromatic carbocycles. The summed E-state index contributed by atoms with van der Waals surface area (Å²) in [5.41, 5.74) is 7.70. The fourth-order valence-corrected chi connectivity index (χ4v) is 11.9. The van der Waals surface area contributed by atoms with Gasteiger partial charge in [-0.25, -0.2) is 0 Å². The molecule has 0 N–H and O–H groups in total. The molecule has 0 spiro atoms. The van der Waals surface area contributed by atoms with Crippen molar-refractivity contribution in [2.45, 2.75) is 25.9 Å². The van der Waals surface area contributed by atoms with Crippen molar-refractivity contribution in [3.63, 3.8) is 0 Å². The van der Waals surface area contributed by atoms with Crippen molar-refractivity contribution < 1.29 is 0 Å². The van der Waals surface area contributed by atoms with Crippen LogP contribution in [0.5, 0.6) is 0 Å². The lowest BCUT2D eigenvalue weighted by Gasteiger charge is -2.46. The molecule has 0 atom stereocenters. The topological polar surface area (TPSA) is 0 Å². The van der Waals surface area contributed by atoms with Crippen LogP contribution in [0.4, 0.5) is 0 Å². The van der Waals surface area contributed by atoms with Gasteiger partial charge in [0.05, 0.1) is 0 Å². The quantitative estimate of drug-likeness (QED) is 0.138. The van der Waals surface area contributed by atoms with E-state index in [2.05, 4.69) is 185 Å². The van der Waals surface area contributed by atoms with Gasteiger partial charge in [-0.05, 0) is 57.2 Å². The summed E-state index contributed by atoms with van der Waals surface area (Å²) in [6.07, 6.45) is 0. The van der Waals surface area contributed by atoms with Crippen LogP contribution in [-0.4, -0.2) is 0 Å². The molecule has 0 nitrogen and oxygen atoms in total. The van der Waals surface area contributed by atoms with Crippen molar-refractivity contribution in [2.75, 3.05) is 0 Å². The van der Waals surface area contributed by atoms with Crippen molar-refractivity contribution >= 4 is 23.2 Å². The Kier molecular flexibility index (Phi) is 7.44. The van der Waals surface area contributed by atoms with E-state index in [1.807, 2.05) is 0 Å². The van der Waals surface area contributed by atoms with Crippen LogP contribution in [0.25, 0.3) is 0 Å². The third kappa shape index (κ3) is 4.54. The molecule has 0 radical (unpaired) electrons. The Morgan fingerprint density at radius 2 is 0.561 bits per heavy atom. The van der Waals surface area contributed by atoms with Crippen molar-refractivity contribution in [2.24, 2.45) is 0 Å². The summed E-state index contributed by atoms with van der Waals surface area (Å²) in [6, 6.07) is 61.7. The molecule has 0 aliphatic carbocycles. The van der Waals surface area contributed by atoms with Crippen molar-refractivity contribution in [3.8, 4) is 0 Å². The van der Waals surface area contributed by atoms with Crippen LogP contribution in [0, 0.1) is 20.8 Å². The summed E-state index contributed by atoms with van der Waals surface area (Å²) < 4.78 is 0. The van der Waals surface area contributed by atoms with E-state index >= 15 is 0 Å². The van der Waals surface area contributed by atoms with Gasteiger partial charge >= 0.3 is 0 Å². The van der Waals surface area contributed by atoms with Crippen LogP contribution in [0.3, 0.4) is 0 Å². The van der Waals surface area contributed by atoms with Gasteiger partial charge < -0.3 is 0 Å². The highest BCUT2D eigenvalue weighted by Crippen LogP contribution is 2.74. The van der Waals surface area contributed by atoms with Gasteiger partial charge in [0.15, 0.2) is 5.16 Å². The predicted octanol–water partition coefficient (Wildman–Crippen LogP) is 8.90. The molecule has 0 saturated heterocycles. The lowest BCUT2D eigenvalue weighted by molar-refractivity contribution is 0.877. The van der Waals surface area contributed by atoms with Gasteiger partial charge in [0.2, 0.25) is 0 Å². The maximum absolute atomic E-state index is 2.52. The normalized spacial score (nSPS) is 11.8. The minimum Gasteiger partial charge on any atom is -0.0622 e. The van der Waals surface area contributed by atoms with Crippen LogP contribution < -0.4 is 15.9 Å². The zero-order chi connectivity index (χ0) is 28.3. The Balaban J connectivity index is 1.93. The molecule has 0 bridgehead atoms. The minimum atomic E-state index is -2.52. The molecule has 200 valence electrons. The van der Waals surface area contributed by atoms with Crippen LogP contribution in [-0.2, 0) is 5.16 Å². The zero-order valence-electron chi connectivity index (χ0n) is 24.0. The van der Waals surface area contributed by atoms with E-state index < -0.39 is 12.4 Å². The second kappa shape index (κ2) is 11.3. The van der Waals surface area contributed by atoms with Crippen molar-refractivity contribution in [3.05, 3.63) is 197 Å². The maximum atomic E-state index is 2.40. The largest absolute Gasteiger partial charge is 0.168 e. The Hall–Kier alpha value is -4.25. The van der Waals surface area contributed by atoms with Gasteiger partial charge in [-0.2, -0.15) is 0 Å². The lowest BCUT2D eigenvalue weighted by atomic mass is 9.84. The number of hydrogen-bond acceptors (Lipinski definition) is 0. The molecular formula is C40H36P+. The van der Waals surface area contributed by atoms with Gasteiger partial charge in [-0.3, -0.25) is 0 Å². The number of benzene rings is 6. The van der Waals surface area contributed by atoms with E-state index in [0.717, 1.165) is 0 Å². The highest BCUT2D eigenvalue weighted by atomic mass is 31.2. The lowest BCUT2D eigenvalue weighted by Crippen LogP contribution is -2.47. The third-order valence-corrected chi connectivity index (χ3v) is 13.3. The van der Waals surface area contributed by atoms with Crippen LogP contribution >= 0.6 is 7.26 Å².